The van der Waals surface area contributed by atoms with Gasteiger partial charge in [0.05, 0.1) is 13.2 Å². The van der Waals surface area contributed by atoms with Crippen molar-refractivity contribution in [2.45, 2.75) is 43.9 Å². The highest BCUT2D eigenvalue weighted by Crippen LogP contribution is 2.30. The fourth-order valence-electron chi connectivity index (χ4n) is 3.80. The number of hydrogen-bond acceptors (Lipinski definition) is 5. The Bertz CT molecular complexity index is 642. The molecule has 2 atom stereocenters. The summed E-state index contributed by atoms with van der Waals surface area (Å²) in [6.07, 6.45) is 7.97. The molecule has 1 aliphatic heterocycles. The molecule has 1 saturated heterocycles. The van der Waals surface area contributed by atoms with Crippen molar-refractivity contribution in [1.82, 2.24) is 9.29 Å². The van der Waals surface area contributed by atoms with Crippen molar-refractivity contribution >= 4 is 15.8 Å². The third-order valence-corrected chi connectivity index (χ3v) is 7.13. The van der Waals surface area contributed by atoms with Gasteiger partial charge < -0.3 is 10.1 Å². The van der Waals surface area contributed by atoms with Crippen LogP contribution < -0.4 is 5.32 Å². The van der Waals surface area contributed by atoms with Crippen LogP contribution in [0.15, 0.2) is 23.2 Å². The lowest BCUT2D eigenvalue weighted by Gasteiger charge is -2.26. The number of sulfonamides is 1. The van der Waals surface area contributed by atoms with E-state index in [0.717, 1.165) is 30.6 Å². The summed E-state index contributed by atoms with van der Waals surface area (Å²) < 4.78 is 31.8. The number of pyridine rings is 1. The van der Waals surface area contributed by atoms with Crippen molar-refractivity contribution in [3.63, 3.8) is 0 Å². The van der Waals surface area contributed by atoms with Crippen molar-refractivity contribution < 1.29 is 13.2 Å². The molecule has 2 fully saturated rings. The van der Waals surface area contributed by atoms with Gasteiger partial charge in [-0.25, -0.2) is 13.4 Å². The first-order chi connectivity index (χ1) is 12.1. The number of nitrogens with one attached hydrogen (secondary N) is 1. The quantitative estimate of drug-likeness (QED) is 0.837. The summed E-state index contributed by atoms with van der Waals surface area (Å²) in [5.74, 6) is 2.39. The Morgan fingerprint density at radius 2 is 2.08 bits per heavy atom. The highest BCUT2D eigenvalue weighted by molar-refractivity contribution is 7.89. The molecule has 0 spiro atoms. The Labute approximate surface area is 151 Å². The maximum atomic E-state index is 12.6. The Morgan fingerprint density at radius 3 is 2.76 bits per heavy atom. The van der Waals surface area contributed by atoms with Gasteiger partial charge in [0.25, 0.3) is 0 Å². The minimum absolute atomic E-state index is 0.251. The Morgan fingerprint density at radius 1 is 1.28 bits per heavy atom. The molecule has 140 valence electrons. The molecule has 6 nitrogen and oxygen atoms in total. The standard InChI is InChI=1S/C18H29N3O3S/c1-15-3-2-4-16(13-15)7-8-19-18-6-5-17(14-20-18)25(22,23)21-9-11-24-12-10-21/h5-6,14-16H,2-4,7-13H2,1H3,(H,19,20). The first-order valence-corrected chi connectivity index (χ1v) is 10.8. The first kappa shape index (κ1) is 18.6. The number of hydrogen-bond donors (Lipinski definition) is 1. The number of morpholine rings is 1. The van der Waals surface area contributed by atoms with E-state index >= 15 is 0 Å². The summed E-state index contributed by atoms with van der Waals surface area (Å²) in [6, 6.07) is 3.40. The summed E-state index contributed by atoms with van der Waals surface area (Å²) in [6.45, 7) is 4.94. The molecule has 1 saturated carbocycles. The van der Waals surface area contributed by atoms with Crippen molar-refractivity contribution in [2.75, 3.05) is 38.2 Å². The lowest BCUT2D eigenvalue weighted by Crippen LogP contribution is -2.40. The second kappa shape index (κ2) is 8.47. The third-order valence-electron chi connectivity index (χ3n) is 5.25. The van der Waals surface area contributed by atoms with Gasteiger partial charge in [-0.2, -0.15) is 4.31 Å². The van der Waals surface area contributed by atoms with E-state index in [1.807, 2.05) is 0 Å². The van der Waals surface area contributed by atoms with Crippen LogP contribution >= 0.6 is 0 Å². The van der Waals surface area contributed by atoms with Crippen LogP contribution in [0.5, 0.6) is 0 Å². The molecule has 2 aliphatic rings. The molecule has 2 unspecified atom stereocenters. The second-order valence-corrected chi connectivity index (χ2v) is 9.19. The first-order valence-electron chi connectivity index (χ1n) is 9.33. The number of nitrogens with zero attached hydrogens (tertiary/aromatic N) is 2. The summed E-state index contributed by atoms with van der Waals surface area (Å²) in [4.78, 5) is 4.54. The number of aromatic nitrogens is 1. The van der Waals surface area contributed by atoms with Crippen molar-refractivity contribution in [2.24, 2.45) is 11.8 Å². The van der Waals surface area contributed by atoms with Gasteiger partial charge in [0.1, 0.15) is 10.7 Å². The van der Waals surface area contributed by atoms with E-state index in [-0.39, 0.29) is 4.90 Å². The maximum absolute atomic E-state index is 12.6. The molecule has 1 N–H and O–H groups in total. The van der Waals surface area contributed by atoms with Crippen LogP contribution in [0.3, 0.4) is 0 Å². The van der Waals surface area contributed by atoms with Crippen LogP contribution in [-0.2, 0) is 14.8 Å². The van der Waals surface area contributed by atoms with E-state index in [4.69, 9.17) is 4.74 Å². The largest absolute Gasteiger partial charge is 0.379 e. The van der Waals surface area contributed by atoms with E-state index in [1.165, 1.54) is 36.2 Å². The molecule has 2 heterocycles. The molecule has 0 amide bonds. The van der Waals surface area contributed by atoms with Crippen LogP contribution in [-0.4, -0.2) is 50.6 Å². The highest BCUT2D eigenvalue weighted by atomic mass is 32.2. The monoisotopic (exact) mass is 367 g/mol. The summed E-state index contributed by atoms with van der Waals surface area (Å²) in [5, 5.41) is 3.33. The van der Waals surface area contributed by atoms with Crippen LogP contribution in [0.1, 0.15) is 39.0 Å². The molecule has 0 radical (unpaired) electrons. The van der Waals surface area contributed by atoms with Gasteiger partial charge in [0.15, 0.2) is 0 Å². The van der Waals surface area contributed by atoms with Crippen molar-refractivity contribution in [3.8, 4) is 0 Å². The van der Waals surface area contributed by atoms with Crippen molar-refractivity contribution in [3.05, 3.63) is 18.3 Å². The van der Waals surface area contributed by atoms with Gasteiger partial charge in [-0.15, -0.1) is 0 Å². The minimum atomic E-state index is -3.46. The molecular weight excluding hydrogens is 338 g/mol. The number of ether oxygens (including phenoxy) is 1. The topological polar surface area (TPSA) is 71.5 Å². The van der Waals surface area contributed by atoms with E-state index in [0.29, 0.717) is 26.3 Å². The molecule has 1 aromatic rings. The summed E-state index contributed by atoms with van der Waals surface area (Å²) in [5.41, 5.74) is 0. The highest BCUT2D eigenvalue weighted by Gasteiger charge is 2.26. The fourth-order valence-corrected chi connectivity index (χ4v) is 5.15. The normalized spacial score (nSPS) is 25.6. The smallest absolute Gasteiger partial charge is 0.244 e. The Hall–Kier alpha value is -1.18. The molecule has 1 aliphatic carbocycles. The van der Waals surface area contributed by atoms with E-state index < -0.39 is 10.0 Å². The second-order valence-electron chi connectivity index (χ2n) is 7.25. The third kappa shape index (κ3) is 4.92. The molecule has 3 rings (SSSR count). The number of anilines is 1. The number of rotatable bonds is 6. The molecule has 7 heteroatoms. The molecule has 0 bridgehead atoms. The average molecular weight is 368 g/mol. The van der Waals surface area contributed by atoms with E-state index in [1.54, 1.807) is 12.1 Å². The van der Waals surface area contributed by atoms with Crippen LogP contribution in [0.25, 0.3) is 0 Å². The van der Waals surface area contributed by atoms with Crippen LogP contribution in [0, 0.1) is 11.8 Å². The summed E-state index contributed by atoms with van der Waals surface area (Å²) >= 11 is 0. The fraction of sp³-hybridized carbons (Fsp3) is 0.722. The Kier molecular flexibility index (Phi) is 6.30. The lowest BCUT2D eigenvalue weighted by molar-refractivity contribution is 0.0730. The zero-order valence-corrected chi connectivity index (χ0v) is 15.8. The predicted octanol–water partition coefficient (Wildman–Crippen LogP) is 2.73. The zero-order valence-electron chi connectivity index (χ0n) is 15.0. The van der Waals surface area contributed by atoms with Crippen LogP contribution in [0.2, 0.25) is 0 Å². The average Bonchev–Trinajstić information content (AvgIpc) is 2.63. The zero-order chi connectivity index (χ0) is 17.7. The van der Waals surface area contributed by atoms with Crippen molar-refractivity contribution in [1.29, 1.82) is 0 Å². The Balaban J connectivity index is 1.51. The van der Waals surface area contributed by atoms with Crippen LogP contribution in [0.4, 0.5) is 5.82 Å². The van der Waals surface area contributed by atoms with Gasteiger partial charge >= 0.3 is 0 Å². The van der Waals surface area contributed by atoms with Gasteiger partial charge in [-0.3, -0.25) is 0 Å². The molecule has 0 aromatic carbocycles. The molecule has 25 heavy (non-hydrogen) atoms. The maximum Gasteiger partial charge on any atom is 0.244 e. The lowest BCUT2D eigenvalue weighted by atomic mass is 9.81. The SMILES string of the molecule is CC1CCCC(CCNc2ccc(S(=O)(=O)N3CCOCC3)cn2)C1. The minimum Gasteiger partial charge on any atom is -0.379 e. The van der Waals surface area contributed by atoms with Gasteiger partial charge in [-0.1, -0.05) is 26.2 Å². The molecular formula is C18H29N3O3S. The summed E-state index contributed by atoms with van der Waals surface area (Å²) in [7, 11) is -3.46. The molecule has 1 aromatic heterocycles. The van der Waals surface area contributed by atoms with Gasteiger partial charge in [-0.05, 0) is 36.8 Å². The van der Waals surface area contributed by atoms with E-state index in [9.17, 15) is 8.42 Å². The van der Waals surface area contributed by atoms with Gasteiger partial charge in [0, 0.05) is 25.8 Å². The van der Waals surface area contributed by atoms with Gasteiger partial charge in [0.2, 0.25) is 10.0 Å². The van der Waals surface area contributed by atoms with E-state index in [2.05, 4.69) is 17.2 Å². The predicted molar refractivity (Wildman–Crippen MR) is 98.0 cm³/mol.